The molecule has 0 aromatic rings. The van der Waals surface area contributed by atoms with E-state index < -0.39 is 0 Å². The van der Waals surface area contributed by atoms with Crippen LogP contribution in [0.25, 0.3) is 0 Å². The Bertz CT molecular complexity index is 171. The first kappa shape index (κ1) is 11.7. The van der Waals surface area contributed by atoms with Crippen LogP contribution in [-0.2, 0) is 9.53 Å². The average molecular weight is 198 g/mol. The van der Waals surface area contributed by atoms with Gasteiger partial charge in [-0.1, -0.05) is 25.7 Å². The summed E-state index contributed by atoms with van der Waals surface area (Å²) < 4.78 is 5.12. The molecule has 2 heteroatoms. The zero-order valence-electron chi connectivity index (χ0n) is 9.42. The van der Waals surface area contributed by atoms with Gasteiger partial charge in [-0.25, -0.2) is 0 Å². The number of ether oxygens (including phenoxy) is 1. The van der Waals surface area contributed by atoms with Gasteiger partial charge in [-0.3, -0.25) is 4.79 Å². The van der Waals surface area contributed by atoms with Gasteiger partial charge in [0.1, 0.15) is 5.78 Å². The molecule has 0 aliphatic heterocycles. The van der Waals surface area contributed by atoms with E-state index in [0.29, 0.717) is 18.1 Å². The third-order valence-electron chi connectivity index (χ3n) is 3.22. The van der Waals surface area contributed by atoms with Crippen molar-refractivity contribution in [1.29, 1.82) is 0 Å². The van der Waals surface area contributed by atoms with Crippen LogP contribution in [0.15, 0.2) is 0 Å². The maximum atomic E-state index is 11.6. The highest BCUT2D eigenvalue weighted by molar-refractivity contribution is 5.78. The van der Waals surface area contributed by atoms with E-state index in [2.05, 4.69) is 0 Å². The normalized spacial score (nSPS) is 19.9. The lowest BCUT2D eigenvalue weighted by Crippen LogP contribution is -2.10. The van der Waals surface area contributed by atoms with E-state index in [1.165, 1.54) is 25.7 Å². The molecule has 2 nitrogen and oxygen atoms in total. The zero-order chi connectivity index (χ0) is 10.4. The van der Waals surface area contributed by atoms with E-state index in [4.69, 9.17) is 4.74 Å². The fraction of sp³-hybridized carbons (Fsp3) is 0.917. The van der Waals surface area contributed by atoms with Gasteiger partial charge in [0.25, 0.3) is 0 Å². The molecule has 0 bridgehead atoms. The van der Waals surface area contributed by atoms with Crippen LogP contribution in [0.5, 0.6) is 0 Å². The van der Waals surface area contributed by atoms with E-state index in [1.807, 2.05) is 6.92 Å². The Hall–Kier alpha value is -0.370. The second-order valence-corrected chi connectivity index (χ2v) is 4.48. The van der Waals surface area contributed by atoms with Crippen molar-refractivity contribution < 1.29 is 9.53 Å². The minimum Gasteiger partial charge on any atom is -0.382 e. The summed E-state index contributed by atoms with van der Waals surface area (Å²) >= 11 is 0. The Labute approximate surface area is 87.0 Å². The van der Waals surface area contributed by atoms with Crippen molar-refractivity contribution in [2.45, 2.75) is 58.0 Å². The predicted octanol–water partition coefficient (Wildman–Crippen LogP) is 2.95. The molecule has 1 fully saturated rings. The van der Waals surface area contributed by atoms with Crippen molar-refractivity contribution in [1.82, 2.24) is 0 Å². The molecule has 0 aromatic carbocycles. The largest absolute Gasteiger partial charge is 0.382 e. The predicted molar refractivity (Wildman–Crippen MR) is 57.3 cm³/mol. The van der Waals surface area contributed by atoms with Crippen LogP contribution in [0.3, 0.4) is 0 Å². The smallest absolute Gasteiger partial charge is 0.133 e. The summed E-state index contributed by atoms with van der Waals surface area (Å²) in [6.45, 7) is 2.02. The van der Waals surface area contributed by atoms with Gasteiger partial charge in [0.2, 0.25) is 0 Å². The molecule has 1 aliphatic carbocycles. The molecule has 1 aliphatic rings. The molecule has 1 unspecified atom stereocenters. The van der Waals surface area contributed by atoms with E-state index in [-0.39, 0.29) is 6.10 Å². The van der Waals surface area contributed by atoms with E-state index in [9.17, 15) is 4.79 Å². The Morgan fingerprint density at radius 3 is 2.64 bits per heavy atom. The molecule has 1 atom stereocenters. The number of ketones is 1. The standard InChI is InChI=1S/C12H22O2/c1-10(14-2)7-8-12(13)9-11-5-3-4-6-11/h10-11H,3-9H2,1-2H3. The van der Waals surface area contributed by atoms with Crippen LogP contribution in [-0.4, -0.2) is 19.0 Å². The Morgan fingerprint density at radius 1 is 1.43 bits per heavy atom. The van der Waals surface area contributed by atoms with E-state index in [1.54, 1.807) is 7.11 Å². The van der Waals surface area contributed by atoms with Gasteiger partial charge in [0, 0.05) is 20.0 Å². The molecule has 0 heterocycles. The minimum atomic E-state index is 0.225. The zero-order valence-corrected chi connectivity index (χ0v) is 9.42. The van der Waals surface area contributed by atoms with Crippen LogP contribution in [0.2, 0.25) is 0 Å². The molecule has 0 radical (unpaired) electrons. The molecule has 0 N–H and O–H groups in total. The topological polar surface area (TPSA) is 26.3 Å². The fourth-order valence-electron chi connectivity index (χ4n) is 2.12. The fourth-order valence-corrected chi connectivity index (χ4v) is 2.12. The lowest BCUT2D eigenvalue weighted by Gasteiger charge is -2.10. The second-order valence-electron chi connectivity index (χ2n) is 4.48. The summed E-state index contributed by atoms with van der Waals surface area (Å²) in [4.78, 5) is 11.6. The van der Waals surface area contributed by atoms with Crippen LogP contribution in [0, 0.1) is 5.92 Å². The lowest BCUT2D eigenvalue weighted by molar-refractivity contribution is -0.120. The van der Waals surface area contributed by atoms with Gasteiger partial charge < -0.3 is 4.74 Å². The quantitative estimate of drug-likeness (QED) is 0.656. The summed E-state index contributed by atoms with van der Waals surface area (Å²) in [6.07, 6.45) is 7.81. The average Bonchev–Trinajstić information content (AvgIpc) is 2.66. The molecule has 14 heavy (non-hydrogen) atoms. The van der Waals surface area contributed by atoms with Crippen molar-refractivity contribution in [3.63, 3.8) is 0 Å². The summed E-state index contributed by atoms with van der Waals surface area (Å²) in [5.74, 6) is 1.13. The summed E-state index contributed by atoms with van der Waals surface area (Å²) in [7, 11) is 1.70. The maximum absolute atomic E-state index is 11.6. The van der Waals surface area contributed by atoms with Gasteiger partial charge >= 0.3 is 0 Å². The Kier molecular flexibility index (Phi) is 5.16. The van der Waals surface area contributed by atoms with Crippen molar-refractivity contribution in [2.75, 3.05) is 7.11 Å². The number of rotatable bonds is 6. The summed E-state index contributed by atoms with van der Waals surface area (Å²) in [5, 5.41) is 0. The van der Waals surface area contributed by atoms with Gasteiger partial charge in [0.15, 0.2) is 0 Å². The highest BCUT2D eigenvalue weighted by Gasteiger charge is 2.18. The molecule has 0 saturated heterocycles. The third-order valence-corrected chi connectivity index (χ3v) is 3.22. The molecule has 0 amide bonds. The maximum Gasteiger partial charge on any atom is 0.133 e. The Balaban J connectivity index is 2.09. The third kappa shape index (κ3) is 4.23. The SMILES string of the molecule is COC(C)CCC(=O)CC1CCCC1. The van der Waals surface area contributed by atoms with Crippen LogP contribution in [0.4, 0.5) is 0 Å². The van der Waals surface area contributed by atoms with Crippen molar-refractivity contribution in [3.8, 4) is 0 Å². The molecule has 0 aromatic heterocycles. The van der Waals surface area contributed by atoms with Crippen LogP contribution in [0.1, 0.15) is 51.9 Å². The van der Waals surface area contributed by atoms with Crippen molar-refractivity contribution in [2.24, 2.45) is 5.92 Å². The first-order valence-electron chi connectivity index (χ1n) is 5.77. The number of hydrogen-bond donors (Lipinski definition) is 0. The first-order chi connectivity index (χ1) is 6.72. The van der Waals surface area contributed by atoms with Crippen molar-refractivity contribution in [3.05, 3.63) is 0 Å². The molecule has 1 saturated carbocycles. The van der Waals surface area contributed by atoms with Gasteiger partial charge in [0.05, 0.1) is 6.10 Å². The minimum absolute atomic E-state index is 0.225. The van der Waals surface area contributed by atoms with Crippen LogP contribution < -0.4 is 0 Å². The number of Topliss-reactive ketones (excluding diaryl/α,β-unsaturated/α-hetero) is 1. The number of hydrogen-bond acceptors (Lipinski definition) is 2. The molecular formula is C12H22O2. The van der Waals surface area contributed by atoms with Gasteiger partial charge in [-0.2, -0.15) is 0 Å². The lowest BCUT2D eigenvalue weighted by atomic mass is 9.98. The highest BCUT2D eigenvalue weighted by Crippen LogP contribution is 2.28. The van der Waals surface area contributed by atoms with Crippen molar-refractivity contribution >= 4 is 5.78 Å². The number of methoxy groups -OCH3 is 1. The Morgan fingerprint density at radius 2 is 2.07 bits per heavy atom. The van der Waals surface area contributed by atoms with Gasteiger partial charge in [-0.05, 0) is 19.3 Å². The molecule has 82 valence electrons. The van der Waals surface area contributed by atoms with Gasteiger partial charge in [-0.15, -0.1) is 0 Å². The summed E-state index contributed by atoms with van der Waals surface area (Å²) in [6, 6.07) is 0. The number of carbonyl (C=O) groups is 1. The van der Waals surface area contributed by atoms with Crippen LogP contribution >= 0.6 is 0 Å². The molecular weight excluding hydrogens is 176 g/mol. The van der Waals surface area contributed by atoms with E-state index in [0.717, 1.165) is 12.8 Å². The highest BCUT2D eigenvalue weighted by atomic mass is 16.5. The summed E-state index contributed by atoms with van der Waals surface area (Å²) in [5.41, 5.74) is 0. The number of carbonyl (C=O) groups excluding carboxylic acids is 1. The second kappa shape index (κ2) is 6.18. The first-order valence-corrected chi connectivity index (χ1v) is 5.77. The monoisotopic (exact) mass is 198 g/mol. The van der Waals surface area contributed by atoms with E-state index >= 15 is 0 Å². The molecule has 0 spiro atoms. The molecule has 1 rings (SSSR count).